The van der Waals surface area contributed by atoms with E-state index in [4.69, 9.17) is 28.3 Å². The lowest BCUT2D eigenvalue weighted by atomic mass is 9.97. The predicted molar refractivity (Wildman–Crippen MR) is 89.4 cm³/mol. The molecule has 0 spiro atoms. The summed E-state index contributed by atoms with van der Waals surface area (Å²) in [5, 5.41) is 10.2. The Morgan fingerprint density at radius 3 is 2.68 bits per heavy atom. The number of rotatable bonds is 3. The molecule has 1 unspecified atom stereocenters. The Kier molecular flexibility index (Phi) is 4.27. The minimum atomic E-state index is -0.888. The fraction of sp³-hybridized carbons (Fsp3) is 0.235. The number of carboxylic acid groups (broad SMARTS) is 1. The summed E-state index contributed by atoms with van der Waals surface area (Å²) in [4.78, 5) is 13.3. The molecule has 114 valence electrons. The Bertz CT molecular complexity index is 718. The Morgan fingerprint density at radius 1 is 1.14 bits per heavy atom. The molecule has 1 saturated heterocycles. The van der Waals surface area contributed by atoms with E-state index in [-0.39, 0.29) is 0 Å². The SMILES string of the molecule is O=C(O)c1cccc(C2CCN(c3ccc(Cl)c(Cl)c3)C2)c1. The summed E-state index contributed by atoms with van der Waals surface area (Å²) in [5.41, 5.74) is 2.46. The normalized spacial score (nSPS) is 17.7. The van der Waals surface area contributed by atoms with Crippen LogP contribution in [-0.2, 0) is 0 Å². The van der Waals surface area contributed by atoms with Crippen molar-refractivity contribution < 1.29 is 9.90 Å². The van der Waals surface area contributed by atoms with Gasteiger partial charge in [0.15, 0.2) is 0 Å². The molecule has 2 aromatic rings. The molecule has 0 aromatic heterocycles. The van der Waals surface area contributed by atoms with Crippen LogP contribution in [0.15, 0.2) is 42.5 Å². The van der Waals surface area contributed by atoms with E-state index in [0.29, 0.717) is 21.5 Å². The van der Waals surface area contributed by atoms with Gasteiger partial charge in [0, 0.05) is 24.7 Å². The topological polar surface area (TPSA) is 40.5 Å². The monoisotopic (exact) mass is 335 g/mol. The summed E-state index contributed by atoms with van der Waals surface area (Å²) in [5.74, 6) is -0.560. The molecule has 3 rings (SSSR count). The van der Waals surface area contributed by atoms with E-state index >= 15 is 0 Å². The van der Waals surface area contributed by atoms with Gasteiger partial charge in [-0.3, -0.25) is 0 Å². The Morgan fingerprint density at radius 2 is 1.95 bits per heavy atom. The fourth-order valence-corrected chi connectivity index (χ4v) is 3.17. The van der Waals surface area contributed by atoms with Crippen LogP contribution in [0, 0.1) is 0 Å². The average molecular weight is 336 g/mol. The van der Waals surface area contributed by atoms with Gasteiger partial charge in [0.1, 0.15) is 0 Å². The number of anilines is 1. The summed E-state index contributed by atoms with van der Waals surface area (Å²) in [7, 11) is 0. The van der Waals surface area contributed by atoms with Crippen LogP contribution in [0.1, 0.15) is 28.3 Å². The quantitative estimate of drug-likeness (QED) is 0.884. The second-order valence-corrected chi connectivity index (χ2v) is 6.28. The molecule has 0 aliphatic carbocycles. The van der Waals surface area contributed by atoms with Crippen molar-refractivity contribution in [3.63, 3.8) is 0 Å². The van der Waals surface area contributed by atoms with Gasteiger partial charge in [0.25, 0.3) is 0 Å². The van der Waals surface area contributed by atoms with E-state index in [0.717, 1.165) is 30.8 Å². The van der Waals surface area contributed by atoms with Crippen LogP contribution in [0.25, 0.3) is 0 Å². The second-order valence-electron chi connectivity index (χ2n) is 5.46. The zero-order valence-corrected chi connectivity index (χ0v) is 13.3. The van der Waals surface area contributed by atoms with Gasteiger partial charge < -0.3 is 10.0 Å². The van der Waals surface area contributed by atoms with E-state index in [9.17, 15) is 4.79 Å². The molecule has 0 bridgehead atoms. The highest BCUT2D eigenvalue weighted by Gasteiger charge is 2.25. The summed E-state index contributed by atoms with van der Waals surface area (Å²) in [6, 6.07) is 12.8. The molecule has 22 heavy (non-hydrogen) atoms. The minimum absolute atomic E-state index is 0.328. The molecule has 1 fully saturated rings. The molecule has 5 heteroatoms. The van der Waals surface area contributed by atoms with Crippen LogP contribution in [0.2, 0.25) is 10.0 Å². The van der Waals surface area contributed by atoms with E-state index in [1.54, 1.807) is 24.3 Å². The Balaban J connectivity index is 1.78. The molecule has 1 aliphatic heterocycles. The van der Waals surface area contributed by atoms with E-state index in [2.05, 4.69) is 4.90 Å². The first-order valence-corrected chi connectivity index (χ1v) is 7.83. The lowest BCUT2D eigenvalue weighted by Gasteiger charge is -2.19. The van der Waals surface area contributed by atoms with Gasteiger partial charge in [0.2, 0.25) is 0 Å². The zero-order chi connectivity index (χ0) is 15.7. The van der Waals surface area contributed by atoms with E-state index in [1.165, 1.54) is 0 Å². The smallest absolute Gasteiger partial charge is 0.335 e. The van der Waals surface area contributed by atoms with Crippen LogP contribution in [-0.4, -0.2) is 24.2 Å². The lowest BCUT2D eigenvalue weighted by Crippen LogP contribution is -2.19. The summed E-state index contributed by atoms with van der Waals surface area (Å²) >= 11 is 12.0. The molecule has 3 nitrogen and oxygen atoms in total. The maximum atomic E-state index is 11.1. The lowest BCUT2D eigenvalue weighted by molar-refractivity contribution is 0.0696. The standard InChI is InChI=1S/C17H15Cl2NO2/c18-15-5-4-14(9-16(15)19)20-7-6-13(10-20)11-2-1-3-12(8-11)17(21)22/h1-5,8-9,13H,6-7,10H2,(H,21,22). The third-order valence-corrected chi connectivity index (χ3v) is 4.80. The third-order valence-electron chi connectivity index (χ3n) is 4.06. The highest BCUT2D eigenvalue weighted by Crippen LogP contribution is 2.34. The van der Waals surface area contributed by atoms with Crippen LogP contribution in [0.4, 0.5) is 5.69 Å². The van der Waals surface area contributed by atoms with Crippen molar-refractivity contribution in [3.8, 4) is 0 Å². The van der Waals surface area contributed by atoms with Crippen molar-refractivity contribution in [1.29, 1.82) is 0 Å². The first kappa shape index (κ1) is 15.2. The number of nitrogens with zero attached hydrogens (tertiary/aromatic N) is 1. The average Bonchev–Trinajstić information content (AvgIpc) is 3.00. The van der Waals surface area contributed by atoms with Crippen molar-refractivity contribution in [1.82, 2.24) is 0 Å². The van der Waals surface area contributed by atoms with E-state index in [1.807, 2.05) is 18.2 Å². The van der Waals surface area contributed by atoms with Gasteiger partial charge in [-0.2, -0.15) is 0 Å². The number of hydrogen-bond acceptors (Lipinski definition) is 2. The van der Waals surface area contributed by atoms with Gasteiger partial charge in [-0.25, -0.2) is 4.79 Å². The number of benzene rings is 2. The van der Waals surface area contributed by atoms with E-state index < -0.39 is 5.97 Å². The second kappa shape index (κ2) is 6.19. The van der Waals surface area contributed by atoms with Crippen molar-refractivity contribution in [3.05, 3.63) is 63.6 Å². The predicted octanol–water partition coefficient (Wildman–Crippen LogP) is 4.69. The van der Waals surface area contributed by atoms with Gasteiger partial charge in [-0.15, -0.1) is 0 Å². The maximum absolute atomic E-state index is 11.1. The number of carbonyl (C=O) groups is 1. The minimum Gasteiger partial charge on any atom is -0.478 e. The molecule has 0 saturated carbocycles. The van der Waals surface area contributed by atoms with Gasteiger partial charge >= 0.3 is 5.97 Å². The first-order chi connectivity index (χ1) is 10.5. The van der Waals surface area contributed by atoms with Crippen molar-refractivity contribution in [2.45, 2.75) is 12.3 Å². The number of hydrogen-bond donors (Lipinski definition) is 1. The molecule has 1 atom stereocenters. The molecular weight excluding hydrogens is 321 g/mol. The molecule has 0 radical (unpaired) electrons. The zero-order valence-electron chi connectivity index (χ0n) is 11.8. The van der Waals surface area contributed by atoms with Crippen molar-refractivity contribution in [2.24, 2.45) is 0 Å². The number of aromatic carboxylic acids is 1. The molecule has 1 N–H and O–H groups in total. The largest absolute Gasteiger partial charge is 0.478 e. The Labute approximate surface area is 139 Å². The molecule has 1 aliphatic rings. The molecular formula is C17H15Cl2NO2. The third kappa shape index (κ3) is 3.06. The van der Waals surface area contributed by atoms with Gasteiger partial charge in [-0.05, 0) is 42.3 Å². The van der Waals surface area contributed by atoms with Crippen molar-refractivity contribution in [2.75, 3.05) is 18.0 Å². The highest BCUT2D eigenvalue weighted by molar-refractivity contribution is 6.42. The summed E-state index contributed by atoms with van der Waals surface area (Å²) in [6.45, 7) is 1.76. The summed E-state index contributed by atoms with van der Waals surface area (Å²) in [6.07, 6.45) is 0.989. The number of halogens is 2. The first-order valence-electron chi connectivity index (χ1n) is 7.08. The highest BCUT2D eigenvalue weighted by atomic mass is 35.5. The maximum Gasteiger partial charge on any atom is 0.335 e. The molecule has 1 heterocycles. The molecule has 0 amide bonds. The van der Waals surface area contributed by atoms with Crippen LogP contribution in [0.3, 0.4) is 0 Å². The van der Waals surface area contributed by atoms with Crippen LogP contribution < -0.4 is 4.90 Å². The molecule has 2 aromatic carbocycles. The Hall–Kier alpha value is -1.71. The van der Waals surface area contributed by atoms with Crippen LogP contribution >= 0.6 is 23.2 Å². The van der Waals surface area contributed by atoms with Gasteiger partial charge in [0.05, 0.1) is 15.6 Å². The fourth-order valence-electron chi connectivity index (χ4n) is 2.87. The van der Waals surface area contributed by atoms with Crippen molar-refractivity contribution >= 4 is 34.9 Å². The number of carboxylic acids is 1. The van der Waals surface area contributed by atoms with Crippen LogP contribution in [0.5, 0.6) is 0 Å². The summed E-state index contributed by atoms with van der Waals surface area (Å²) < 4.78 is 0. The van der Waals surface area contributed by atoms with Gasteiger partial charge in [-0.1, -0.05) is 35.3 Å².